The predicted octanol–water partition coefficient (Wildman–Crippen LogP) is 0.361. The van der Waals surface area contributed by atoms with Gasteiger partial charge in [0.2, 0.25) is 0 Å². The van der Waals surface area contributed by atoms with Crippen LogP contribution in [0.2, 0.25) is 0 Å². The summed E-state index contributed by atoms with van der Waals surface area (Å²) in [4.78, 5) is 9.29. The van der Waals surface area contributed by atoms with E-state index in [2.05, 4.69) is 21.9 Å². The van der Waals surface area contributed by atoms with Gasteiger partial charge in [0.05, 0.1) is 11.5 Å². The number of rotatable bonds is 6. The Morgan fingerprint density at radius 3 is 2.56 bits per heavy atom. The number of aromatic nitrogens is 3. The molecule has 142 valence electrons. The normalized spacial score (nSPS) is 25.0. The average molecular weight is 370 g/mol. The molecule has 0 aliphatic carbocycles. The van der Waals surface area contributed by atoms with Gasteiger partial charge in [0, 0.05) is 32.5 Å². The fourth-order valence-electron chi connectivity index (χ4n) is 3.89. The van der Waals surface area contributed by atoms with Crippen molar-refractivity contribution in [1.82, 2.24) is 24.6 Å². The van der Waals surface area contributed by atoms with Crippen molar-refractivity contribution in [2.45, 2.75) is 38.1 Å². The Kier molecular flexibility index (Phi) is 5.80. The molecule has 0 saturated carbocycles. The Morgan fingerprint density at radius 1 is 1.20 bits per heavy atom. The van der Waals surface area contributed by atoms with E-state index in [1.54, 1.807) is 0 Å². The lowest BCUT2D eigenvalue weighted by atomic mass is 9.94. The number of likely N-dealkylation sites (N-methyl/N-ethyl adjacent to an activating group) is 1. The van der Waals surface area contributed by atoms with Crippen molar-refractivity contribution in [1.29, 1.82) is 0 Å². The second-order valence-corrected chi connectivity index (χ2v) is 10.0. The van der Waals surface area contributed by atoms with E-state index in [1.807, 2.05) is 18.8 Å². The monoisotopic (exact) mass is 369 g/mol. The van der Waals surface area contributed by atoms with Crippen LogP contribution in [0.15, 0.2) is 0 Å². The summed E-state index contributed by atoms with van der Waals surface area (Å²) in [7, 11) is 3.33. The number of piperidine rings is 1. The van der Waals surface area contributed by atoms with Crippen LogP contribution in [-0.2, 0) is 29.7 Å². The number of sulfone groups is 1. The summed E-state index contributed by atoms with van der Waals surface area (Å²) in [5, 5.41) is 4.60. The summed E-state index contributed by atoms with van der Waals surface area (Å²) < 4.78 is 25.2. The molecule has 8 heteroatoms. The van der Waals surface area contributed by atoms with E-state index in [9.17, 15) is 8.42 Å². The molecule has 1 unspecified atom stereocenters. The molecule has 2 saturated heterocycles. The Hall–Kier alpha value is -0.990. The smallest absolute Gasteiger partial charge is 0.151 e. The Balaban J connectivity index is 1.50. The molecule has 1 aromatic rings. The fraction of sp³-hybridized carbons (Fsp3) is 0.882. The van der Waals surface area contributed by atoms with Crippen molar-refractivity contribution >= 4 is 9.84 Å². The summed E-state index contributed by atoms with van der Waals surface area (Å²) >= 11 is 0. The predicted molar refractivity (Wildman–Crippen MR) is 98.3 cm³/mol. The Morgan fingerprint density at radius 2 is 1.92 bits per heavy atom. The van der Waals surface area contributed by atoms with Gasteiger partial charge in [-0.2, -0.15) is 5.10 Å². The largest absolute Gasteiger partial charge is 0.306 e. The highest BCUT2D eigenvalue weighted by Crippen LogP contribution is 2.20. The van der Waals surface area contributed by atoms with E-state index in [-0.39, 0.29) is 6.04 Å². The van der Waals surface area contributed by atoms with Gasteiger partial charge >= 0.3 is 0 Å². The molecule has 25 heavy (non-hydrogen) atoms. The van der Waals surface area contributed by atoms with Crippen molar-refractivity contribution in [3.8, 4) is 0 Å². The SMILES string of the molecule is CN1CCC(Cc2nc(CCN(C)C3CCS(=O)(=O)C3)n(C)n2)CC1. The number of hydrogen-bond donors (Lipinski definition) is 0. The second kappa shape index (κ2) is 7.72. The van der Waals surface area contributed by atoms with E-state index in [1.165, 1.54) is 25.9 Å². The first-order chi connectivity index (χ1) is 11.8. The molecule has 0 spiro atoms. The first-order valence-electron chi connectivity index (χ1n) is 9.30. The van der Waals surface area contributed by atoms with Crippen LogP contribution in [0.25, 0.3) is 0 Å². The zero-order chi connectivity index (χ0) is 18.0. The van der Waals surface area contributed by atoms with Gasteiger partial charge in [-0.1, -0.05) is 0 Å². The van der Waals surface area contributed by atoms with Gasteiger partial charge in [-0.3, -0.25) is 4.68 Å². The zero-order valence-electron chi connectivity index (χ0n) is 15.7. The van der Waals surface area contributed by atoms with Crippen LogP contribution in [0.4, 0.5) is 0 Å². The molecule has 2 aliphatic rings. The van der Waals surface area contributed by atoms with Crippen LogP contribution in [0, 0.1) is 5.92 Å². The highest BCUT2D eigenvalue weighted by molar-refractivity contribution is 7.91. The maximum atomic E-state index is 11.6. The molecule has 0 aromatic carbocycles. The highest BCUT2D eigenvalue weighted by Gasteiger charge is 2.30. The molecule has 3 rings (SSSR count). The quantitative estimate of drug-likeness (QED) is 0.721. The third-order valence-corrected chi connectivity index (χ3v) is 7.48. The van der Waals surface area contributed by atoms with Gasteiger partial charge in [0.1, 0.15) is 5.82 Å². The number of hydrogen-bond acceptors (Lipinski definition) is 6. The number of likely N-dealkylation sites (tertiary alicyclic amines) is 1. The third-order valence-electron chi connectivity index (χ3n) is 5.73. The molecule has 1 aromatic heterocycles. The minimum absolute atomic E-state index is 0.150. The van der Waals surface area contributed by atoms with Crippen molar-refractivity contribution in [3.63, 3.8) is 0 Å². The van der Waals surface area contributed by atoms with Crippen LogP contribution in [0.5, 0.6) is 0 Å². The maximum Gasteiger partial charge on any atom is 0.151 e. The van der Waals surface area contributed by atoms with Gasteiger partial charge < -0.3 is 9.80 Å². The molecule has 0 bridgehead atoms. The molecule has 2 aliphatic heterocycles. The van der Waals surface area contributed by atoms with Crippen LogP contribution >= 0.6 is 0 Å². The van der Waals surface area contributed by atoms with E-state index >= 15 is 0 Å². The first-order valence-corrected chi connectivity index (χ1v) is 11.1. The number of nitrogens with zero attached hydrogens (tertiary/aromatic N) is 5. The molecule has 2 fully saturated rings. The van der Waals surface area contributed by atoms with Crippen LogP contribution < -0.4 is 0 Å². The van der Waals surface area contributed by atoms with Crippen molar-refractivity contribution < 1.29 is 8.42 Å². The summed E-state index contributed by atoms with van der Waals surface area (Å²) in [6.07, 6.45) is 4.98. The topological polar surface area (TPSA) is 71.3 Å². The standard InChI is InChI=1S/C17H31N5O2S/c1-20-8-4-14(5-9-20)12-16-18-17(22(3)19-16)6-10-21(2)15-7-11-25(23,24)13-15/h14-15H,4-13H2,1-3H3. The zero-order valence-corrected chi connectivity index (χ0v) is 16.5. The summed E-state index contributed by atoms with van der Waals surface area (Å²) in [6, 6.07) is 0.150. The van der Waals surface area contributed by atoms with E-state index in [0.29, 0.717) is 17.4 Å². The molecule has 1 atom stereocenters. The van der Waals surface area contributed by atoms with Gasteiger partial charge in [0.15, 0.2) is 15.7 Å². The van der Waals surface area contributed by atoms with Crippen molar-refractivity contribution in [3.05, 3.63) is 11.6 Å². The van der Waals surface area contributed by atoms with Crippen LogP contribution in [0.1, 0.15) is 30.9 Å². The minimum atomic E-state index is -2.83. The van der Waals surface area contributed by atoms with Gasteiger partial charge in [-0.05, 0) is 52.4 Å². The van der Waals surface area contributed by atoms with Crippen LogP contribution in [-0.4, -0.2) is 84.3 Å². The molecule has 3 heterocycles. The van der Waals surface area contributed by atoms with Gasteiger partial charge in [0.25, 0.3) is 0 Å². The molecule has 0 radical (unpaired) electrons. The molecule has 0 amide bonds. The minimum Gasteiger partial charge on any atom is -0.306 e. The first kappa shape index (κ1) is 18.8. The highest BCUT2D eigenvalue weighted by atomic mass is 32.2. The van der Waals surface area contributed by atoms with Gasteiger partial charge in [-0.15, -0.1) is 0 Å². The molecule has 0 N–H and O–H groups in total. The fourth-order valence-corrected chi connectivity index (χ4v) is 5.69. The van der Waals surface area contributed by atoms with E-state index in [0.717, 1.165) is 37.5 Å². The molecular weight excluding hydrogens is 338 g/mol. The van der Waals surface area contributed by atoms with Crippen molar-refractivity contribution in [2.75, 3.05) is 45.2 Å². The lowest BCUT2D eigenvalue weighted by Gasteiger charge is -2.28. The van der Waals surface area contributed by atoms with Crippen molar-refractivity contribution in [2.24, 2.45) is 13.0 Å². The van der Waals surface area contributed by atoms with Crippen LogP contribution in [0.3, 0.4) is 0 Å². The van der Waals surface area contributed by atoms with E-state index < -0.39 is 9.84 Å². The summed E-state index contributed by atoms with van der Waals surface area (Å²) in [5.74, 6) is 3.27. The maximum absolute atomic E-state index is 11.6. The lowest BCUT2D eigenvalue weighted by Crippen LogP contribution is -2.34. The van der Waals surface area contributed by atoms with E-state index in [4.69, 9.17) is 4.98 Å². The third kappa shape index (κ3) is 5.01. The lowest BCUT2D eigenvalue weighted by molar-refractivity contribution is 0.217. The summed E-state index contributed by atoms with van der Waals surface area (Å²) in [6.45, 7) is 3.15. The average Bonchev–Trinajstić information content (AvgIpc) is 3.09. The molecule has 7 nitrogen and oxygen atoms in total. The number of aryl methyl sites for hydroxylation is 1. The summed E-state index contributed by atoms with van der Waals surface area (Å²) in [5.41, 5.74) is 0. The molecular formula is C17H31N5O2S. The Bertz CT molecular complexity index is 679. The van der Waals surface area contributed by atoms with Gasteiger partial charge in [-0.25, -0.2) is 13.4 Å². The Labute approximate surface area is 151 Å². The second-order valence-electron chi connectivity index (χ2n) is 7.81.